The quantitative estimate of drug-likeness (QED) is 0.864. The summed E-state index contributed by atoms with van der Waals surface area (Å²) in [6.07, 6.45) is 2.30. The minimum Gasteiger partial charge on any atom is -0.316 e. The zero-order valence-electron chi connectivity index (χ0n) is 11.8. The van der Waals surface area contributed by atoms with Gasteiger partial charge in [0, 0.05) is 20.1 Å². The number of aryl methyl sites for hydroxylation is 1. The monoisotopic (exact) mass is 282 g/mol. The van der Waals surface area contributed by atoms with Crippen LogP contribution in [0.25, 0.3) is 0 Å². The van der Waals surface area contributed by atoms with Crippen molar-refractivity contribution in [1.29, 1.82) is 0 Å². The van der Waals surface area contributed by atoms with E-state index in [1.807, 2.05) is 20.0 Å². The maximum Gasteiger partial charge on any atom is 0.242 e. The third kappa shape index (κ3) is 3.35. The molecule has 19 heavy (non-hydrogen) atoms. The van der Waals surface area contributed by atoms with Gasteiger partial charge in [0.1, 0.15) is 0 Å². The molecule has 0 bridgehead atoms. The van der Waals surface area contributed by atoms with E-state index in [4.69, 9.17) is 0 Å². The third-order valence-electron chi connectivity index (χ3n) is 3.61. The fourth-order valence-corrected chi connectivity index (χ4v) is 3.43. The number of sulfonamides is 1. The summed E-state index contributed by atoms with van der Waals surface area (Å²) in [5.74, 6) is 0.557. The van der Waals surface area contributed by atoms with E-state index in [2.05, 4.69) is 5.32 Å². The Bertz CT molecular complexity index is 551. The number of hydrogen-bond donors (Lipinski definition) is 1. The van der Waals surface area contributed by atoms with Crippen LogP contribution in [-0.2, 0) is 16.6 Å². The number of rotatable bonds is 6. The van der Waals surface area contributed by atoms with Crippen molar-refractivity contribution in [3.05, 3.63) is 29.3 Å². The van der Waals surface area contributed by atoms with Gasteiger partial charge in [0.2, 0.25) is 10.0 Å². The third-order valence-corrected chi connectivity index (χ3v) is 5.43. The molecule has 0 saturated heterocycles. The molecule has 4 nitrogen and oxygen atoms in total. The molecule has 2 rings (SSSR count). The first-order chi connectivity index (χ1) is 8.95. The Kier molecular flexibility index (Phi) is 4.28. The Hall–Kier alpha value is -0.910. The van der Waals surface area contributed by atoms with Gasteiger partial charge >= 0.3 is 0 Å². The first kappa shape index (κ1) is 14.5. The minimum atomic E-state index is -3.35. The molecular formula is C14H22N2O2S. The molecule has 1 fully saturated rings. The van der Waals surface area contributed by atoms with Crippen molar-refractivity contribution in [3.63, 3.8) is 0 Å². The smallest absolute Gasteiger partial charge is 0.242 e. The van der Waals surface area contributed by atoms with E-state index >= 15 is 0 Å². The van der Waals surface area contributed by atoms with Crippen molar-refractivity contribution in [3.8, 4) is 0 Å². The molecule has 1 aliphatic carbocycles. The van der Waals surface area contributed by atoms with Crippen LogP contribution in [0.2, 0.25) is 0 Å². The molecule has 1 saturated carbocycles. The van der Waals surface area contributed by atoms with Gasteiger partial charge in [-0.3, -0.25) is 0 Å². The van der Waals surface area contributed by atoms with Crippen molar-refractivity contribution >= 4 is 10.0 Å². The summed E-state index contributed by atoms with van der Waals surface area (Å²) in [7, 11) is 0.187. The summed E-state index contributed by atoms with van der Waals surface area (Å²) >= 11 is 0. The largest absolute Gasteiger partial charge is 0.316 e. The summed E-state index contributed by atoms with van der Waals surface area (Å²) in [6.45, 7) is 3.32. The summed E-state index contributed by atoms with van der Waals surface area (Å²) in [6, 6.07) is 5.36. The SMILES string of the molecule is CNCc1cc(S(=O)(=O)N(C)CC2CC2)ccc1C. The molecule has 0 atom stereocenters. The highest BCUT2D eigenvalue weighted by molar-refractivity contribution is 7.89. The molecule has 1 aromatic carbocycles. The highest BCUT2D eigenvalue weighted by Gasteiger charge is 2.29. The van der Waals surface area contributed by atoms with Gasteiger partial charge < -0.3 is 5.32 Å². The zero-order chi connectivity index (χ0) is 14.0. The van der Waals surface area contributed by atoms with E-state index in [9.17, 15) is 8.42 Å². The van der Waals surface area contributed by atoms with Crippen molar-refractivity contribution in [1.82, 2.24) is 9.62 Å². The topological polar surface area (TPSA) is 49.4 Å². The molecule has 106 valence electrons. The van der Waals surface area contributed by atoms with Gasteiger partial charge in [0.05, 0.1) is 4.90 Å². The molecule has 1 aliphatic rings. The summed E-state index contributed by atoms with van der Waals surface area (Å²) in [5, 5.41) is 3.07. The molecule has 5 heteroatoms. The zero-order valence-corrected chi connectivity index (χ0v) is 12.6. The van der Waals surface area contributed by atoms with Crippen LogP contribution in [-0.4, -0.2) is 33.4 Å². The molecule has 0 aromatic heterocycles. The second-order valence-electron chi connectivity index (χ2n) is 5.35. The van der Waals surface area contributed by atoms with Gasteiger partial charge in [0.15, 0.2) is 0 Å². The van der Waals surface area contributed by atoms with Gasteiger partial charge in [-0.2, -0.15) is 0 Å². The Balaban J connectivity index is 2.25. The van der Waals surface area contributed by atoms with Crippen LogP contribution < -0.4 is 5.32 Å². The van der Waals surface area contributed by atoms with E-state index in [1.54, 1.807) is 19.2 Å². The summed E-state index contributed by atoms with van der Waals surface area (Å²) in [5.41, 5.74) is 2.14. The summed E-state index contributed by atoms with van der Waals surface area (Å²) in [4.78, 5) is 0.395. The van der Waals surface area contributed by atoms with Crippen LogP contribution >= 0.6 is 0 Å². The second kappa shape index (κ2) is 5.61. The molecule has 1 N–H and O–H groups in total. The van der Waals surface area contributed by atoms with Crippen molar-refractivity contribution in [2.45, 2.75) is 31.2 Å². The van der Waals surface area contributed by atoms with E-state index < -0.39 is 10.0 Å². The minimum absolute atomic E-state index is 0.395. The lowest BCUT2D eigenvalue weighted by Gasteiger charge is -2.18. The van der Waals surface area contributed by atoms with E-state index in [0.717, 1.165) is 24.0 Å². The molecule has 0 unspecified atom stereocenters. The fourth-order valence-electron chi connectivity index (χ4n) is 2.13. The van der Waals surface area contributed by atoms with Gasteiger partial charge in [0.25, 0.3) is 0 Å². The van der Waals surface area contributed by atoms with Crippen molar-refractivity contribution in [2.75, 3.05) is 20.6 Å². The van der Waals surface area contributed by atoms with Crippen molar-refractivity contribution in [2.24, 2.45) is 5.92 Å². The van der Waals surface area contributed by atoms with Crippen LogP contribution in [0.3, 0.4) is 0 Å². The maximum absolute atomic E-state index is 12.5. The van der Waals surface area contributed by atoms with Crippen LogP contribution in [0.15, 0.2) is 23.1 Å². The maximum atomic E-state index is 12.5. The van der Waals surface area contributed by atoms with Gasteiger partial charge in [-0.15, -0.1) is 0 Å². The lowest BCUT2D eigenvalue weighted by molar-refractivity contribution is 0.453. The lowest BCUT2D eigenvalue weighted by Crippen LogP contribution is -2.29. The second-order valence-corrected chi connectivity index (χ2v) is 7.39. The number of benzene rings is 1. The molecule has 0 amide bonds. The first-order valence-electron chi connectivity index (χ1n) is 6.65. The van der Waals surface area contributed by atoms with Crippen molar-refractivity contribution < 1.29 is 8.42 Å². The summed E-state index contributed by atoms with van der Waals surface area (Å²) < 4.78 is 26.4. The predicted molar refractivity (Wildman–Crippen MR) is 76.5 cm³/mol. The van der Waals surface area contributed by atoms with Gasteiger partial charge in [-0.1, -0.05) is 6.07 Å². The standard InChI is InChI=1S/C14H22N2O2S/c1-11-4-7-14(8-13(11)9-15-2)19(17,18)16(3)10-12-5-6-12/h4,7-8,12,15H,5-6,9-10H2,1-3H3. The highest BCUT2D eigenvalue weighted by Crippen LogP contribution is 2.31. The Morgan fingerprint density at radius 1 is 1.37 bits per heavy atom. The van der Waals surface area contributed by atoms with Crippen LogP contribution in [0.4, 0.5) is 0 Å². The Labute approximate surface area is 115 Å². The number of hydrogen-bond acceptors (Lipinski definition) is 3. The molecular weight excluding hydrogens is 260 g/mol. The number of nitrogens with one attached hydrogen (secondary N) is 1. The normalized spacial score (nSPS) is 16.0. The lowest BCUT2D eigenvalue weighted by atomic mass is 10.1. The molecule has 0 spiro atoms. The Morgan fingerprint density at radius 2 is 2.05 bits per heavy atom. The highest BCUT2D eigenvalue weighted by atomic mass is 32.2. The van der Waals surface area contributed by atoms with E-state index in [1.165, 1.54) is 4.31 Å². The fraction of sp³-hybridized carbons (Fsp3) is 0.571. The van der Waals surface area contributed by atoms with Crippen LogP contribution in [0, 0.1) is 12.8 Å². The van der Waals surface area contributed by atoms with Crippen LogP contribution in [0.1, 0.15) is 24.0 Å². The first-order valence-corrected chi connectivity index (χ1v) is 8.09. The molecule has 0 heterocycles. The Morgan fingerprint density at radius 3 is 2.63 bits per heavy atom. The molecule has 0 aliphatic heterocycles. The molecule has 0 radical (unpaired) electrons. The predicted octanol–water partition coefficient (Wildman–Crippen LogP) is 1.74. The van der Waals surface area contributed by atoms with Gasteiger partial charge in [-0.05, 0) is 56.0 Å². The average Bonchev–Trinajstić information content (AvgIpc) is 3.16. The van der Waals surface area contributed by atoms with E-state index in [0.29, 0.717) is 23.9 Å². The average molecular weight is 282 g/mol. The number of nitrogens with zero attached hydrogens (tertiary/aromatic N) is 1. The van der Waals surface area contributed by atoms with E-state index in [-0.39, 0.29) is 0 Å². The van der Waals surface area contributed by atoms with Gasteiger partial charge in [-0.25, -0.2) is 12.7 Å². The van der Waals surface area contributed by atoms with Crippen LogP contribution in [0.5, 0.6) is 0 Å². The molecule has 1 aromatic rings.